The number of para-hydroxylation sites is 2. The van der Waals surface area contributed by atoms with Crippen molar-refractivity contribution in [1.29, 1.82) is 0 Å². The van der Waals surface area contributed by atoms with Crippen LogP contribution in [0.2, 0.25) is 0 Å². The lowest BCUT2D eigenvalue weighted by molar-refractivity contribution is -0.115. The van der Waals surface area contributed by atoms with Gasteiger partial charge >= 0.3 is 0 Å². The molecule has 3 aromatic rings. The second-order valence-corrected chi connectivity index (χ2v) is 5.57. The first-order chi connectivity index (χ1) is 13.2. The van der Waals surface area contributed by atoms with Gasteiger partial charge in [0.05, 0.1) is 7.11 Å². The third-order valence-corrected chi connectivity index (χ3v) is 3.64. The van der Waals surface area contributed by atoms with Gasteiger partial charge in [-0.05, 0) is 42.5 Å². The summed E-state index contributed by atoms with van der Waals surface area (Å²) in [5.41, 5.74) is 0.698. The van der Waals surface area contributed by atoms with Gasteiger partial charge in [-0.1, -0.05) is 12.1 Å². The lowest BCUT2D eigenvalue weighted by atomic mass is 10.2. The summed E-state index contributed by atoms with van der Waals surface area (Å²) in [6.45, 7) is 0.449. The van der Waals surface area contributed by atoms with Gasteiger partial charge in [0.2, 0.25) is 11.9 Å². The van der Waals surface area contributed by atoms with Crippen molar-refractivity contribution in [3.05, 3.63) is 67.0 Å². The smallest absolute Gasteiger partial charge is 0.226 e. The number of ether oxygens (including phenoxy) is 2. The molecule has 7 heteroatoms. The minimum Gasteiger partial charge on any atom is -0.493 e. The van der Waals surface area contributed by atoms with Crippen LogP contribution in [0, 0.1) is 0 Å². The number of rotatable bonds is 8. The molecular formula is C20H20N4O3. The Morgan fingerprint density at radius 3 is 2.37 bits per heavy atom. The maximum absolute atomic E-state index is 12.0. The van der Waals surface area contributed by atoms with E-state index in [4.69, 9.17) is 9.47 Å². The summed E-state index contributed by atoms with van der Waals surface area (Å²) in [4.78, 5) is 20.1. The number of hydrogen-bond acceptors (Lipinski definition) is 6. The maximum Gasteiger partial charge on any atom is 0.226 e. The van der Waals surface area contributed by atoms with Crippen LogP contribution in [0.5, 0.6) is 17.2 Å². The number of nitrogens with zero attached hydrogens (tertiary/aromatic N) is 2. The Kier molecular flexibility index (Phi) is 6.19. The fourth-order valence-corrected chi connectivity index (χ4v) is 2.34. The van der Waals surface area contributed by atoms with Gasteiger partial charge < -0.3 is 20.1 Å². The van der Waals surface area contributed by atoms with Gasteiger partial charge in [0.1, 0.15) is 5.75 Å². The molecule has 0 bridgehead atoms. The highest BCUT2D eigenvalue weighted by atomic mass is 16.5. The van der Waals surface area contributed by atoms with Crippen LogP contribution in [0.25, 0.3) is 0 Å². The Morgan fingerprint density at radius 1 is 0.963 bits per heavy atom. The number of methoxy groups -OCH3 is 1. The first-order valence-corrected chi connectivity index (χ1v) is 8.46. The molecule has 0 saturated heterocycles. The second-order valence-electron chi connectivity index (χ2n) is 5.57. The van der Waals surface area contributed by atoms with Crippen molar-refractivity contribution in [3.63, 3.8) is 0 Å². The highest BCUT2D eigenvalue weighted by Gasteiger charge is 2.06. The number of hydrogen-bond donors (Lipinski definition) is 2. The van der Waals surface area contributed by atoms with Gasteiger partial charge in [-0.15, -0.1) is 0 Å². The number of benzene rings is 2. The molecule has 0 atom stereocenters. The van der Waals surface area contributed by atoms with Crippen LogP contribution in [-0.4, -0.2) is 29.5 Å². The Balaban J connectivity index is 1.49. The molecule has 0 aliphatic carbocycles. The van der Waals surface area contributed by atoms with Gasteiger partial charge in [0, 0.05) is 31.0 Å². The molecule has 138 valence electrons. The minimum atomic E-state index is -0.100. The predicted octanol–water partition coefficient (Wildman–Crippen LogP) is 3.72. The molecular weight excluding hydrogens is 344 g/mol. The van der Waals surface area contributed by atoms with E-state index in [1.165, 1.54) is 0 Å². The molecule has 1 heterocycles. The van der Waals surface area contributed by atoms with Crippen molar-refractivity contribution in [2.75, 3.05) is 24.3 Å². The predicted molar refractivity (Wildman–Crippen MR) is 103 cm³/mol. The van der Waals surface area contributed by atoms with E-state index in [-0.39, 0.29) is 5.91 Å². The molecule has 0 radical (unpaired) electrons. The van der Waals surface area contributed by atoms with Gasteiger partial charge in [-0.2, -0.15) is 0 Å². The highest BCUT2D eigenvalue weighted by molar-refractivity contribution is 5.91. The van der Waals surface area contributed by atoms with E-state index in [9.17, 15) is 4.79 Å². The highest BCUT2D eigenvalue weighted by Crippen LogP contribution is 2.31. The van der Waals surface area contributed by atoms with Crippen molar-refractivity contribution in [2.45, 2.75) is 6.42 Å². The summed E-state index contributed by atoms with van der Waals surface area (Å²) in [5, 5.41) is 5.84. The van der Waals surface area contributed by atoms with Crippen LogP contribution in [0.4, 0.5) is 11.6 Å². The fraction of sp³-hybridized carbons (Fsp3) is 0.150. The summed E-state index contributed by atoms with van der Waals surface area (Å²) in [5.74, 6) is 2.34. The minimum absolute atomic E-state index is 0.100. The molecule has 0 aliphatic rings. The summed E-state index contributed by atoms with van der Waals surface area (Å²) < 4.78 is 11.1. The number of nitrogens with one attached hydrogen (secondary N) is 2. The summed E-state index contributed by atoms with van der Waals surface area (Å²) >= 11 is 0. The van der Waals surface area contributed by atoms with E-state index in [1.54, 1.807) is 49.8 Å². The Labute approximate surface area is 157 Å². The molecule has 1 aromatic heterocycles. The normalized spacial score (nSPS) is 10.1. The summed E-state index contributed by atoms with van der Waals surface area (Å²) in [7, 11) is 1.60. The number of anilines is 2. The third kappa shape index (κ3) is 5.43. The standard InChI is InChI=1S/C20H20N4O3/c1-26-17-5-2-3-6-18(17)27-16-9-7-15(8-10-16)24-19(25)11-14-23-20-21-12-4-13-22-20/h2-10,12-13H,11,14H2,1H3,(H,24,25)(H,21,22,23). The van der Waals surface area contributed by atoms with E-state index in [2.05, 4.69) is 20.6 Å². The van der Waals surface area contributed by atoms with E-state index in [1.807, 2.05) is 24.3 Å². The Bertz CT molecular complexity index is 870. The average Bonchev–Trinajstić information content (AvgIpc) is 2.71. The zero-order valence-corrected chi connectivity index (χ0v) is 14.9. The topological polar surface area (TPSA) is 85.4 Å². The third-order valence-electron chi connectivity index (χ3n) is 3.64. The molecule has 2 aromatic carbocycles. The summed E-state index contributed by atoms with van der Waals surface area (Å²) in [6.07, 6.45) is 3.59. The van der Waals surface area contributed by atoms with E-state index < -0.39 is 0 Å². The molecule has 0 saturated carbocycles. The lowest BCUT2D eigenvalue weighted by Crippen LogP contribution is -2.16. The Morgan fingerprint density at radius 2 is 1.67 bits per heavy atom. The van der Waals surface area contributed by atoms with Gasteiger partial charge in [-0.3, -0.25) is 4.79 Å². The van der Waals surface area contributed by atoms with Crippen molar-refractivity contribution in [3.8, 4) is 17.2 Å². The number of carbonyl (C=O) groups excluding carboxylic acids is 1. The number of aromatic nitrogens is 2. The first-order valence-electron chi connectivity index (χ1n) is 8.46. The first kappa shape index (κ1) is 18.2. The summed E-state index contributed by atoms with van der Waals surface area (Å²) in [6, 6.07) is 16.3. The van der Waals surface area contributed by atoms with E-state index in [0.29, 0.717) is 41.8 Å². The average molecular weight is 364 g/mol. The molecule has 0 fully saturated rings. The maximum atomic E-state index is 12.0. The molecule has 0 spiro atoms. The molecule has 1 amide bonds. The molecule has 3 rings (SSSR count). The van der Waals surface area contributed by atoms with Crippen LogP contribution in [0.15, 0.2) is 67.0 Å². The zero-order valence-electron chi connectivity index (χ0n) is 14.9. The van der Waals surface area contributed by atoms with Crippen LogP contribution in [0.3, 0.4) is 0 Å². The molecule has 0 aliphatic heterocycles. The van der Waals surface area contributed by atoms with Crippen LogP contribution in [-0.2, 0) is 4.79 Å². The van der Waals surface area contributed by atoms with Gasteiger partial charge in [0.15, 0.2) is 11.5 Å². The van der Waals surface area contributed by atoms with Gasteiger partial charge in [-0.25, -0.2) is 9.97 Å². The van der Waals surface area contributed by atoms with Crippen LogP contribution in [0.1, 0.15) is 6.42 Å². The molecule has 7 nitrogen and oxygen atoms in total. The lowest BCUT2D eigenvalue weighted by Gasteiger charge is -2.11. The molecule has 0 unspecified atom stereocenters. The molecule has 27 heavy (non-hydrogen) atoms. The zero-order chi connectivity index (χ0) is 18.9. The SMILES string of the molecule is COc1ccccc1Oc1ccc(NC(=O)CCNc2ncccn2)cc1. The monoisotopic (exact) mass is 364 g/mol. The van der Waals surface area contributed by atoms with Crippen molar-refractivity contribution >= 4 is 17.5 Å². The fourth-order valence-electron chi connectivity index (χ4n) is 2.34. The van der Waals surface area contributed by atoms with Crippen LogP contribution >= 0.6 is 0 Å². The quantitative estimate of drug-likeness (QED) is 0.634. The van der Waals surface area contributed by atoms with E-state index in [0.717, 1.165) is 0 Å². The van der Waals surface area contributed by atoms with Crippen molar-refractivity contribution in [2.24, 2.45) is 0 Å². The van der Waals surface area contributed by atoms with Crippen molar-refractivity contribution in [1.82, 2.24) is 9.97 Å². The Hall–Kier alpha value is -3.61. The number of carbonyl (C=O) groups is 1. The van der Waals surface area contributed by atoms with E-state index >= 15 is 0 Å². The second kappa shape index (κ2) is 9.19. The largest absolute Gasteiger partial charge is 0.493 e. The molecule has 2 N–H and O–H groups in total. The van der Waals surface area contributed by atoms with Gasteiger partial charge in [0.25, 0.3) is 0 Å². The van der Waals surface area contributed by atoms with Crippen molar-refractivity contribution < 1.29 is 14.3 Å². The van der Waals surface area contributed by atoms with Crippen LogP contribution < -0.4 is 20.1 Å². The number of amides is 1.